The molecule has 1 atom stereocenters. The third-order valence-electron chi connectivity index (χ3n) is 5.22. The maximum absolute atomic E-state index is 13.4. The summed E-state index contributed by atoms with van der Waals surface area (Å²) in [5, 5.41) is 0. The summed E-state index contributed by atoms with van der Waals surface area (Å²) in [5.74, 6) is -0.626. The molecule has 1 unspecified atom stereocenters. The van der Waals surface area contributed by atoms with E-state index in [1.807, 2.05) is 42.5 Å². The second kappa shape index (κ2) is 9.84. The molecular formula is C26H22N2O5S. The van der Waals surface area contributed by atoms with Gasteiger partial charge in [-0.2, -0.15) is 0 Å². The quantitative estimate of drug-likeness (QED) is 0.419. The van der Waals surface area contributed by atoms with Crippen LogP contribution in [0.4, 0.5) is 0 Å². The van der Waals surface area contributed by atoms with E-state index in [0.717, 1.165) is 5.56 Å². The number of fused-ring (bicyclic) bond motifs is 1. The summed E-state index contributed by atoms with van der Waals surface area (Å²) in [6, 6.07) is 15.7. The molecule has 172 valence electrons. The van der Waals surface area contributed by atoms with Gasteiger partial charge in [0, 0.05) is 6.92 Å². The van der Waals surface area contributed by atoms with Crippen molar-refractivity contribution in [1.82, 2.24) is 4.57 Å². The van der Waals surface area contributed by atoms with Gasteiger partial charge in [-0.3, -0.25) is 14.2 Å². The summed E-state index contributed by atoms with van der Waals surface area (Å²) in [7, 11) is 1.29. The summed E-state index contributed by atoms with van der Waals surface area (Å²) in [6.45, 7) is 3.04. The fraction of sp³-hybridized carbons (Fsp3) is 0.154. The van der Waals surface area contributed by atoms with Crippen LogP contribution in [-0.4, -0.2) is 23.6 Å². The number of nitrogens with zero attached hydrogens (tertiary/aromatic N) is 2. The monoisotopic (exact) mass is 474 g/mol. The number of thiazole rings is 1. The van der Waals surface area contributed by atoms with E-state index in [2.05, 4.69) is 4.99 Å². The van der Waals surface area contributed by atoms with Gasteiger partial charge in [0.05, 0.1) is 29.0 Å². The summed E-state index contributed by atoms with van der Waals surface area (Å²) in [5.41, 5.74) is 2.18. The number of aromatic nitrogens is 1. The number of carbonyl (C=O) groups is 2. The van der Waals surface area contributed by atoms with Gasteiger partial charge in [0.25, 0.3) is 5.56 Å². The van der Waals surface area contributed by atoms with Crippen molar-refractivity contribution in [2.75, 3.05) is 7.11 Å². The van der Waals surface area contributed by atoms with Crippen molar-refractivity contribution in [2.45, 2.75) is 19.9 Å². The van der Waals surface area contributed by atoms with Gasteiger partial charge in [-0.25, -0.2) is 9.79 Å². The van der Waals surface area contributed by atoms with E-state index in [-0.39, 0.29) is 11.1 Å². The van der Waals surface area contributed by atoms with E-state index >= 15 is 0 Å². The number of rotatable bonds is 5. The summed E-state index contributed by atoms with van der Waals surface area (Å²) in [4.78, 5) is 42.4. The normalized spacial score (nSPS) is 15.7. The van der Waals surface area contributed by atoms with E-state index in [1.165, 1.54) is 29.9 Å². The van der Waals surface area contributed by atoms with Crippen LogP contribution in [0.25, 0.3) is 12.2 Å². The highest BCUT2D eigenvalue weighted by atomic mass is 32.1. The number of hydrogen-bond acceptors (Lipinski definition) is 7. The number of esters is 2. The number of allylic oxidation sites excluding steroid dienone is 2. The second-order valence-corrected chi connectivity index (χ2v) is 8.54. The zero-order valence-corrected chi connectivity index (χ0v) is 19.7. The topological polar surface area (TPSA) is 87.0 Å². The van der Waals surface area contributed by atoms with Crippen LogP contribution in [0.15, 0.2) is 81.7 Å². The predicted molar refractivity (Wildman–Crippen MR) is 130 cm³/mol. The van der Waals surface area contributed by atoms with Gasteiger partial charge in [-0.15, -0.1) is 0 Å². The predicted octanol–water partition coefficient (Wildman–Crippen LogP) is 3.00. The molecule has 4 rings (SSSR count). The van der Waals surface area contributed by atoms with Crippen LogP contribution in [0.2, 0.25) is 0 Å². The van der Waals surface area contributed by atoms with Crippen LogP contribution in [0.3, 0.4) is 0 Å². The first-order valence-corrected chi connectivity index (χ1v) is 11.3. The van der Waals surface area contributed by atoms with Crippen molar-refractivity contribution < 1.29 is 19.1 Å². The van der Waals surface area contributed by atoms with E-state index in [9.17, 15) is 14.4 Å². The van der Waals surface area contributed by atoms with Gasteiger partial charge in [-0.05, 0) is 36.3 Å². The van der Waals surface area contributed by atoms with Gasteiger partial charge in [0.15, 0.2) is 4.80 Å². The molecule has 2 heterocycles. The molecule has 0 aliphatic carbocycles. The van der Waals surface area contributed by atoms with E-state index in [1.54, 1.807) is 37.3 Å². The van der Waals surface area contributed by atoms with Crippen molar-refractivity contribution in [1.29, 1.82) is 0 Å². The lowest BCUT2D eigenvalue weighted by Gasteiger charge is -2.24. The van der Waals surface area contributed by atoms with Gasteiger partial charge < -0.3 is 9.47 Å². The SMILES string of the molecule is COC(=O)C1=C(C)N=c2s/c(=C\C=C\c3ccccc3)c(=O)n2C1c1ccc(OC(C)=O)cc1. The molecule has 0 fully saturated rings. The smallest absolute Gasteiger partial charge is 0.338 e. The van der Waals surface area contributed by atoms with Crippen molar-refractivity contribution >= 4 is 35.4 Å². The molecule has 0 N–H and O–H groups in total. The van der Waals surface area contributed by atoms with Gasteiger partial charge in [0.2, 0.25) is 0 Å². The number of hydrogen-bond donors (Lipinski definition) is 0. The Kier molecular flexibility index (Phi) is 6.70. The average molecular weight is 475 g/mol. The Morgan fingerprint density at radius 2 is 1.79 bits per heavy atom. The molecule has 2 aromatic carbocycles. The van der Waals surface area contributed by atoms with Crippen molar-refractivity contribution in [3.63, 3.8) is 0 Å². The highest BCUT2D eigenvalue weighted by Crippen LogP contribution is 2.31. The third-order valence-corrected chi connectivity index (χ3v) is 6.22. The van der Waals surface area contributed by atoms with Gasteiger partial charge in [0.1, 0.15) is 5.75 Å². The Bertz CT molecular complexity index is 1480. The van der Waals surface area contributed by atoms with Crippen LogP contribution < -0.4 is 19.6 Å². The minimum absolute atomic E-state index is 0.260. The van der Waals surface area contributed by atoms with Gasteiger partial charge >= 0.3 is 11.9 Å². The van der Waals surface area contributed by atoms with Crippen molar-refractivity contribution in [3.8, 4) is 5.75 Å². The first kappa shape index (κ1) is 23.1. The van der Waals surface area contributed by atoms with E-state index < -0.39 is 18.0 Å². The Hall–Kier alpha value is -4.04. The zero-order valence-electron chi connectivity index (χ0n) is 18.8. The van der Waals surface area contributed by atoms with E-state index in [0.29, 0.717) is 26.3 Å². The molecule has 7 nitrogen and oxygen atoms in total. The maximum atomic E-state index is 13.4. The Labute approximate surface area is 199 Å². The lowest BCUT2D eigenvalue weighted by molar-refractivity contribution is -0.136. The minimum atomic E-state index is -0.727. The second-order valence-electron chi connectivity index (χ2n) is 7.53. The molecule has 0 amide bonds. The van der Waals surface area contributed by atoms with Crippen LogP contribution >= 0.6 is 11.3 Å². The molecule has 0 saturated carbocycles. The molecular weight excluding hydrogens is 452 g/mol. The fourth-order valence-corrected chi connectivity index (χ4v) is 4.72. The summed E-state index contributed by atoms with van der Waals surface area (Å²) >= 11 is 1.25. The molecule has 0 saturated heterocycles. The highest BCUT2D eigenvalue weighted by molar-refractivity contribution is 7.07. The third kappa shape index (κ3) is 4.67. The molecule has 8 heteroatoms. The number of ether oxygens (including phenoxy) is 2. The molecule has 0 spiro atoms. The van der Waals surface area contributed by atoms with Crippen molar-refractivity contribution in [3.05, 3.63) is 103 Å². The van der Waals surface area contributed by atoms with Crippen LogP contribution in [0.1, 0.15) is 31.0 Å². The van der Waals surface area contributed by atoms with Crippen LogP contribution in [-0.2, 0) is 14.3 Å². The largest absolute Gasteiger partial charge is 0.466 e. The molecule has 1 aliphatic rings. The Morgan fingerprint density at radius 3 is 2.44 bits per heavy atom. The summed E-state index contributed by atoms with van der Waals surface area (Å²) < 4.78 is 12.1. The maximum Gasteiger partial charge on any atom is 0.338 e. The van der Waals surface area contributed by atoms with E-state index in [4.69, 9.17) is 9.47 Å². The Balaban J connectivity index is 1.83. The minimum Gasteiger partial charge on any atom is -0.466 e. The Morgan fingerprint density at radius 1 is 1.09 bits per heavy atom. The molecule has 1 aliphatic heterocycles. The fourth-order valence-electron chi connectivity index (χ4n) is 3.72. The molecule has 34 heavy (non-hydrogen) atoms. The molecule has 1 aromatic heterocycles. The van der Waals surface area contributed by atoms with Crippen LogP contribution in [0.5, 0.6) is 5.75 Å². The zero-order chi connectivity index (χ0) is 24.2. The molecule has 0 radical (unpaired) electrons. The highest BCUT2D eigenvalue weighted by Gasteiger charge is 2.33. The molecule has 0 bridgehead atoms. The first-order valence-electron chi connectivity index (χ1n) is 10.5. The number of carbonyl (C=O) groups excluding carboxylic acids is 2. The lowest BCUT2D eigenvalue weighted by Crippen LogP contribution is -2.39. The summed E-state index contributed by atoms with van der Waals surface area (Å²) in [6.07, 6.45) is 5.47. The first-order chi connectivity index (χ1) is 16.4. The van der Waals surface area contributed by atoms with Crippen LogP contribution in [0, 0.1) is 0 Å². The van der Waals surface area contributed by atoms with Gasteiger partial charge in [-0.1, -0.05) is 66.0 Å². The number of benzene rings is 2. The average Bonchev–Trinajstić information content (AvgIpc) is 3.13. The standard InChI is InChI=1S/C26H22N2O5S/c1-16-22(25(31)32-3)23(19-12-14-20(15-13-19)33-17(2)29)28-24(30)21(34-26(28)27-16)11-7-10-18-8-5-4-6-9-18/h4-15,23H,1-3H3/b10-7+,21-11-. The molecule has 3 aromatic rings. The lowest BCUT2D eigenvalue weighted by atomic mass is 9.96. The number of methoxy groups -OCH3 is 1. The van der Waals surface area contributed by atoms with Crippen molar-refractivity contribution in [2.24, 2.45) is 4.99 Å².